The molecular formula is C17H26Cl2N2O4S. The molecule has 4 atom stereocenters. The Morgan fingerprint density at radius 2 is 1.92 bits per heavy atom. The maximum Gasteiger partial charge on any atom is 0.240 e. The molecule has 2 heterocycles. The molecule has 3 aliphatic rings. The van der Waals surface area contributed by atoms with Crippen LogP contribution in [0.25, 0.3) is 0 Å². The zero-order chi connectivity index (χ0) is 16.7. The van der Waals surface area contributed by atoms with Crippen LogP contribution in [-0.2, 0) is 21.2 Å². The topological polar surface area (TPSA) is 76.7 Å². The molecule has 1 saturated carbocycles. The molecule has 6 nitrogen and oxygen atoms in total. The molecule has 0 bridgehead atoms. The second-order valence-corrected chi connectivity index (χ2v) is 8.73. The van der Waals surface area contributed by atoms with E-state index in [2.05, 4.69) is 10.0 Å². The van der Waals surface area contributed by atoms with Gasteiger partial charge in [0.1, 0.15) is 5.75 Å². The fraction of sp³-hybridized carbons (Fsp3) is 0.647. The average molecular weight is 425 g/mol. The van der Waals surface area contributed by atoms with E-state index in [1.807, 2.05) is 0 Å². The summed E-state index contributed by atoms with van der Waals surface area (Å²) in [6.45, 7) is 2.60. The summed E-state index contributed by atoms with van der Waals surface area (Å²) >= 11 is 0. The van der Waals surface area contributed by atoms with Gasteiger partial charge in [-0.15, -0.1) is 24.8 Å². The molecule has 0 unspecified atom stereocenters. The van der Waals surface area contributed by atoms with E-state index in [0.29, 0.717) is 23.3 Å². The lowest BCUT2D eigenvalue weighted by atomic mass is 9.78. The molecule has 1 aromatic carbocycles. The zero-order valence-corrected chi connectivity index (χ0v) is 17.1. The van der Waals surface area contributed by atoms with Crippen molar-refractivity contribution in [1.82, 2.24) is 10.0 Å². The Bertz CT molecular complexity index is 731. The van der Waals surface area contributed by atoms with Gasteiger partial charge in [0.25, 0.3) is 0 Å². The van der Waals surface area contributed by atoms with Gasteiger partial charge in [0.2, 0.25) is 10.0 Å². The Hall–Kier alpha value is -0.570. The fourth-order valence-electron chi connectivity index (χ4n) is 4.26. The molecule has 2 N–H and O–H groups in total. The van der Waals surface area contributed by atoms with E-state index >= 15 is 0 Å². The predicted octanol–water partition coefficient (Wildman–Crippen LogP) is 1.76. The number of nitrogens with one attached hydrogen (secondary N) is 2. The molecule has 2 fully saturated rings. The van der Waals surface area contributed by atoms with Crippen molar-refractivity contribution in [2.75, 3.05) is 26.8 Å². The minimum atomic E-state index is -3.56. The van der Waals surface area contributed by atoms with Crippen LogP contribution in [0, 0.1) is 11.8 Å². The van der Waals surface area contributed by atoms with Crippen molar-refractivity contribution in [3.8, 4) is 5.75 Å². The number of hydrogen-bond donors (Lipinski definition) is 2. The number of sulfonamides is 1. The van der Waals surface area contributed by atoms with E-state index in [0.717, 1.165) is 43.7 Å². The highest BCUT2D eigenvalue weighted by molar-refractivity contribution is 7.89. The van der Waals surface area contributed by atoms with Crippen LogP contribution in [0.5, 0.6) is 5.75 Å². The number of fused-ring (bicyclic) bond motifs is 2. The number of halogens is 2. The van der Waals surface area contributed by atoms with E-state index in [1.165, 1.54) is 0 Å². The maximum absolute atomic E-state index is 12.8. The van der Waals surface area contributed by atoms with Crippen LogP contribution in [-0.4, -0.2) is 47.4 Å². The summed E-state index contributed by atoms with van der Waals surface area (Å²) in [7, 11) is -1.89. The highest BCUT2D eigenvalue weighted by atomic mass is 35.5. The van der Waals surface area contributed by atoms with Crippen LogP contribution in [0.3, 0.4) is 0 Å². The Morgan fingerprint density at radius 1 is 1.19 bits per heavy atom. The third-order valence-corrected chi connectivity index (χ3v) is 7.09. The normalized spacial score (nSPS) is 29.7. The van der Waals surface area contributed by atoms with Gasteiger partial charge in [0.15, 0.2) is 0 Å². The second-order valence-electron chi connectivity index (χ2n) is 7.02. The Kier molecular flexibility index (Phi) is 7.21. The van der Waals surface area contributed by atoms with Gasteiger partial charge in [-0.25, -0.2) is 13.1 Å². The van der Waals surface area contributed by atoms with Crippen molar-refractivity contribution in [2.45, 2.75) is 36.3 Å². The molecule has 1 aromatic rings. The number of rotatable bonds is 4. The molecule has 9 heteroatoms. The van der Waals surface area contributed by atoms with Gasteiger partial charge < -0.3 is 14.8 Å². The quantitative estimate of drug-likeness (QED) is 0.769. The van der Waals surface area contributed by atoms with Gasteiger partial charge in [-0.2, -0.15) is 0 Å². The standard InChI is InChI=1S/C17H24N2O4S.2ClH/c1-22-17-8-13-10-18-9-12(13)7-15(17)19-24(20,21)14-2-3-16-11(6-14)4-5-23-16;;/h2-3,6,12-13,15,17-19H,4-5,7-10H2,1H3;2*1H/t12-,13+,15-,17-;;/m0../s1. The first-order valence-corrected chi connectivity index (χ1v) is 10.1. The van der Waals surface area contributed by atoms with Crippen LogP contribution in [0.2, 0.25) is 0 Å². The van der Waals surface area contributed by atoms with Gasteiger partial charge in [0.05, 0.1) is 17.6 Å². The number of ether oxygens (including phenoxy) is 2. The van der Waals surface area contributed by atoms with E-state index in [4.69, 9.17) is 9.47 Å². The first-order valence-electron chi connectivity index (χ1n) is 8.58. The van der Waals surface area contributed by atoms with Crippen LogP contribution in [0.4, 0.5) is 0 Å². The lowest BCUT2D eigenvalue weighted by molar-refractivity contribution is 0.0194. The van der Waals surface area contributed by atoms with Crippen molar-refractivity contribution in [2.24, 2.45) is 11.8 Å². The van der Waals surface area contributed by atoms with Crippen LogP contribution >= 0.6 is 24.8 Å². The molecule has 0 spiro atoms. The van der Waals surface area contributed by atoms with Crippen molar-refractivity contribution in [1.29, 1.82) is 0 Å². The summed E-state index contributed by atoms with van der Waals surface area (Å²) in [6.07, 6.45) is 2.42. The molecule has 1 saturated heterocycles. The van der Waals surface area contributed by atoms with Crippen LogP contribution in [0.1, 0.15) is 18.4 Å². The first-order chi connectivity index (χ1) is 11.6. The van der Waals surface area contributed by atoms with Crippen molar-refractivity contribution in [3.63, 3.8) is 0 Å². The lowest BCUT2D eigenvalue weighted by Crippen LogP contribution is -2.50. The molecule has 26 heavy (non-hydrogen) atoms. The molecule has 1 aliphatic carbocycles. The maximum atomic E-state index is 12.8. The molecule has 4 rings (SSSR count). The first kappa shape index (κ1) is 21.7. The monoisotopic (exact) mass is 424 g/mol. The second kappa shape index (κ2) is 8.63. The number of methoxy groups -OCH3 is 1. The van der Waals surface area contributed by atoms with Gasteiger partial charge in [-0.05, 0) is 61.5 Å². The van der Waals surface area contributed by atoms with Gasteiger partial charge in [0, 0.05) is 19.6 Å². The molecule has 0 radical (unpaired) electrons. The minimum absolute atomic E-state index is 0. The van der Waals surface area contributed by atoms with Crippen molar-refractivity contribution >= 4 is 34.8 Å². The highest BCUT2D eigenvalue weighted by Crippen LogP contribution is 2.35. The molecule has 0 aromatic heterocycles. The summed E-state index contributed by atoms with van der Waals surface area (Å²) < 4.78 is 39.6. The molecule has 148 valence electrons. The Balaban J connectivity index is 0.00000121. The lowest BCUT2D eigenvalue weighted by Gasteiger charge is -2.37. The van der Waals surface area contributed by atoms with Crippen molar-refractivity contribution < 1.29 is 17.9 Å². The van der Waals surface area contributed by atoms with E-state index < -0.39 is 10.0 Å². The summed E-state index contributed by atoms with van der Waals surface area (Å²) in [5, 5.41) is 3.41. The third-order valence-electron chi connectivity index (χ3n) is 5.60. The summed E-state index contributed by atoms with van der Waals surface area (Å²) in [4.78, 5) is 0.313. The Labute approximate surface area is 167 Å². The van der Waals surface area contributed by atoms with E-state index in [1.54, 1.807) is 25.3 Å². The predicted molar refractivity (Wildman–Crippen MR) is 104 cm³/mol. The summed E-state index contributed by atoms with van der Waals surface area (Å²) in [6, 6.07) is 4.93. The van der Waals surface area contributed by atoms with Gasteiger partial charge in [-0.1, -0.05) is 0 Å². The minimum Gasteiger partial charge on any atom is -0.493 e. The summed E-state index contributed by atoms with van der Waals surface area (Å²) in [5.74, 6) is 1.91. The van der Waals surface area contributed by atoms with Gasteiger partial charge in [-0.3, -0.25) is 0 Å². The SMILES string of the molecule is CO[C@H]1C[C@@H]2CNC[C@@H]2C[C@@H]1NS(=O)(=O)c1ccc2c(c1)CCO2.Cl.Cl. The van der Waals surface area contributed by atoms with E-state index in [9.17, 15) is 8.42 Å². The fourth-order valence-corrected chi connectivity index (χ4v) is 5.59. The largest absolute Gasteiger partial charge is 0.493 e. The number of hydrogen-bond acceptors (Lipinski definition) is 5. The van der Waals surface area contributed by atoms with Crippen molar-refractivity contribution in [3.05, 3.63) is 23.8 Å². The van der Waals surface area contributed by atoms with E-state index in [-0.39, 0.29) is 37.0 Å². The third kappa shape index (κ3) is 4.13. The Morgan fingerprint density at radius 3 is 2.65 bits per heavy atom. The van der Waals surface area contributed by atoms with Crippen LogP contribution < -0.4 is 14.8 Å². The highest BCUT2D eigenvalue weighted by Gasteiger charge is 2.41. The molecule has 0 amide bonds. The average Bonchev–Trinajstić information content (AvgIpc) is 3.21. The molecular weight excluding hydrogens is 399 g/mol. The summed E-state index contributed by atoms with van der Waals surface area (Å²) in [5.41, 5.74) is 0.963. The van der Waals surface area contributed by atoms with Crippen LogP contribution in [0.15, 0.2) is 23.1 Å². The molecule has 2 aliphatic heterocycles. The zero-order valence-electron chi connectivity index (χ0n) is 14.6. The number of benzene rings is 1. The smallest absolute Gasteiger partial charge is 0.240 e. The van der Waals surface area contributed by atoms with Gasteiger partial charge >= 0.3 is 0 Å².